The van der Waals surface area contributed by atoms with E-state index in [4.69, 9.17) is 9.47 Å². The van der Waals surface area contributed by atoms with Gasteiger partial charge in [-0.1, -0.05) is 192 Å². The molecule has 62 heavy (non-hydrogen) atoms. The summed E-state index contributed by atoms with van der Waals surface area (Å²) < 4.78 is 11.0. The molecule has 11 nitrogen and oxygen atoms in total. The van der Waals surface area contributed by atoms with Crippen molar-refractivity contribution in [3.63, 3.8) is 0 Å². The van der Waals surface area contributed by atoms with Crippen molar-refractivity contribution in [2.75, 3.05) is 13.2 Å². The van der Waals surface area contributed by atoms with Gasteiger partial charge in [-0.15, -0.1) is 0 Å². The molecule has 9 atom stereocenters. The minimum atomic E-state index is -1.67. The van der Waals surface area contributed by atoms with Crippen molar-refractivity contribution in [1.29, 1.82) is 0 Å². The molecule has 1 heterocycles. The number of ether oxygens (including phenoxy) is 2. The standard InChI is InChI=1S/C51H97NO10/c1-3-5-7-9-11-13-14-15-16-17-18-19-20-21-22-23-24-25-26-27-28-29-30-31-33-34-36-38-43(54)46(56)42(41-61-51-49(59)48(58)47(57)45(40-53)62-51)52-50(60)44(55)39-37-35-32-12-10-8-6-4-2/h31-33,35,42-49,51,53-59H,3-30,34,36-41H2,1-2H3,(H,52,60)/b33-31+,35-32-. The van der Waals surface area contributed by atoms with Crippen molar-refractivity contribution in [3.05, 3.63) is 24.3 Å². The van der Waals surface area contributed by atoms with Gasteiger partial charge in [0.15, 0.2) is 6.29 Å². The number of aliphatic hydroxyl groups is 7. The lowest BCUT2D eigenvalue weighted by atomic mass is 9.99. The van der Waals surface area contributed by atoms with Crippen molar-refractivity contribution >= 4 is 5.91 Å². The molecule has 0 saturated carbocycles. The number of amides is 1. The minimum absolute atomic E-state index is 0.169. The summed E-state index contributed by atoms with van der Waals surface area (Å²) in [5.41, 5.74) is 0. The lowest BCUT2D eigenvalue weighted by molar-refractivity contribution is -0.303. The number of hydrogen-bond acceptors (Lipinski definition) is 10. The first kappa shape index (κ1) is 58.6. The molecule has 8 N–H and O–H groups in total. The second kappa shape index (κ2) is 41.1. The first-order valence-corrected chi connectivity index (χ1v) is 25.7. The van der Waals surface area contributed by atoms with Crippen LogP contribution in [-0.2, 0) is 14.3 Å². The van der Waals surface area contributed by atoms with Crippen LogP contribution >= 0.6 is 0 Å². The molecule has 0 aromatic heterocycles. The summed E-state index contributed by atoms with van der Waals surface area (Å²) in [5.74, 6) is -0.742. The van der Waals surface area contributed by atoms with Crippen LogP contribution in [0.15, 0.2) is 24.3 Å². The number of aliphatic hydroxyl groups excluding tert-OH is 7. The molecular weight excluding hydrogens is 787 g/mol. The molecule has 1 aliphatic heterocycles. The van der Waals surface area contributed by atoms with E-state index in [1.54, 1.807) is 0 Å². The molecule has 1 amide bonds. The highest BCUT2D eigenvalue weighted by molar-refractivity contribution is 5.80. The van der Waals surface area contributed by atoms with E-state index < -0.39 is 74.2 Å². The van der Waals surface area contributed by atoms with Crippen LogP contribution < -0.4 is 5.32 Å². The predicted octanol–water partition coefficient (Wildman–Crippen LogP) is 9.40. The number of unbranched alkanes of at least 4 members (excludes halogenated alkanes) is 27. The van der Waals surface area contributed by atoms with E-state index in [0.29, 0.717) is 12.8 Å². The van der Waals surface area contributed by atoms with Crippen LogP contribution in [0.3, 0.4) is 0 Å². The molecule has 0 spiro atoms. The average molecular weight is 884 g/mol. The van der Waals surface area contributed by atoms with Gasteiger partial charge >= 0.3 is 0 Å². The van der Waals surface area contributed by atoms with Gasteiger partial charge in [-0.25, -0.2) is 0 Å². The summed E-state index contributed by atoms with van der Waals surface area (Å²) in [6.07, 6.45) is 35.8. The minimum Gasteiger partial charge on any atom is -0.394 e. The maximum atomic E-state index is 13.0. The van der Waals surface area contributed by atoms with Gasteiger partial charge in [-0.2, -0.15) is 0 Å². The number of nitrogens with one attached hydrogen (secondary N) is 1. The van der Waals surface area contributed by atoms with Crippen LogP contribution in [0.2, 0.25) is 0 Å². The lowest BCUT2D eigenvalue weighted by Crippen LogP contribution is -2.60. The Labute approximate surface area is 378 Å². The summed E-state index contributed by atoms with van der Waals surface area (Å²) in [6, 6.07) is -1.20. The fourth-order valence-electron chi connectivity index (χ4n) is 8.21. The Balaban J connectivity index is 2.28. The zero-order chi connectivity index (χ0) is 45.5. The number of allylic oxidation sites excluding steroid dienone is 4. The third-order valence-electron chi connectivity index (χ3n) is 12.5. The number of carbonyl (C=O) groups excluding carboxylic acids is 1. The molecule has 1 fully saturated rings. The predicted molar refractivity (Wildman–Crippen MR) is 252 cm³/mol. The maximum absolute atomic E-state index is 13.0. The summed E-state index contributed by atoms with van der Waals surface area (Å²) in [6.45, 7) is 3.36. The van der Waals surface area contributed by atoms with Crippen LogP contribution in [-0.4, -0.2) is 110 Å². The highest BCUT2D eigenvalue weighted by Crippen LogP contribution is 2.23. The Kier molecular flexibility index (Phi) is 38.8. The molecular formula is C51H97NO10. The summed E-state index contributed by atoms with van der Waals surface area (Å²) >= 11 is 0. The van der Waals surface area contributed by atoms with Crippen molar-refractivity contribution in [1.82, 2.24) is 5.32 Å². The van der Waals surface area contributed by atoms with Gasteiger partial charge in [0, 0.05) is 0 Å². The van der Waals surface area contributed by atoms with Gasteiger partial charge in [0.1, 0.15) is 36.6 Å². The molecule has 11 heteroatoms. The van der Waals surface area contributed by atoms with Gasteiger partial charge in [-0.05, 0) is 57.8 Å². The van der Waals surface area contributed by atoms with E-state index in [-0.39, 0.29) is 12.8 Å². The molecule has 0 aliphatic carbocycles. The first-order valence-electron chi connectivity index (χ1n) is 25.7. The largest absolute Gasteiger partial charge is 0.394 e. The van der Waals surface area contributed by atoms with E-state index in [1.807, 2.05) is 6.08 Å². The third kappa shape index (κ3) is 29.9. The van der Waals surface area contributed by atoms with E-state index in [9.17, 15) is 40.5 Å². The summed E-state index contributed by atoms with van der Waals surface area (Å²) in [5, 5.41) is 75.4. The zero-order valence-electron chi connectivity index (χ0n) is 39.6. The van der Waals surface area contributed by atoms with Crippen LogP contribution in [0.4, 0.5) is 0 Å². The SMILES string of the molecule is CCCCCC/C=C\CCC(O)C(=O)NC(COC1OC(CO)C(O)C(O)C1O)C(O)C(O)CCC/C=C/CCCCCCCCCCCCCCCCCCCCCCCC. The van der Waals surface area contributed by atoms with Crippen LogP contribution in [0.25, 0.3) is 0 Å². The smallest absolute Gasteiger partial charge is 0.249 e. The van der Waals surface area contributed by atoms with Gasteiger partial charge < -0.3 is 50.5 Å². The van der Waals surface area contributed by atoms with Crippen molar-refractivity contribution in [2.45, 2.75) is 281 Å². The Bertz CT molecular complexity index is 1060. The molecule has 366 valence electrons. The van der Waals surface area contributed by atoms with E-state index >= 15 is 0 Å². The number of hydrogen-bond donors (Lipinski definition) is 8. The van der Waals surface area contributed by atoms with Gasteiger partial charge in [0.05, 0.1) is 25.4 Å². The lowest BCUT2D eigenvalue weighted by Gasteiger charge is -2.40. The molecule has 1 rings (SSSR count). The number of carbonyl (C=O) groups is 1. The first-order chi connectivity index (χ1) is 30.2. The summed E-state index contributed by atoms with van der Waals surface area (Å²) in [4.78, 5) is 13.0. The Hall–Kier alpha value is -1.41. The van der Waals surface area contributed by atoms with E-state index in [0.717, 1.165) is 32.1 Å². The molecule has 0 aromatic carbocycles. The Morgan fingerprint density at radius 2 is 0.952 bits per heavy atom. The molecule has 1 aliphatic rings. The monoisotopic (exact) mass is 884 g/mol. The van der Waals surface area contributed by atoms with Crippen molar-refractivity contribution in [2.24, 2.45) is 0 Å². The van der Waals surface area contributed by atoms with Gasteiger partial charge in [-0.3, -0.25) is 4.79 Å². The van der Waals surface area contributed by atoms with Crippen LogP contribution in [0, 0.1) is 0 Å². The quantitative estimate of drug-likeness (QED) is 0.0216. The summed E-state index contributed by atoms with van der Waals surface area (Å²) in [7, 11) is 0. The topological polar surface area (TPSA) is 189 Å². The second-order valence-corrected chi connectivity index (χ2v) is 18.2. The second-order valence-electron chi connectivity index (χ2n) is 18.2. The van der Waals surface area contributed by atoms with Crippen molar-refractivity contribution in [3.8, 4) is 0 Å². The van der Waals surface area contributed by atoms with Crippen LogP contribution in [0.1, 0.15) is 226 Å². The molecule has 9 unspecified atom stereocenters. The molecule has 0 aromatic rings. The third-order valence-corrected chi connectivity index (χ3v) is 12.5. The number of rotatable bonds is 43. The maximum Gasteiger partial charge on any atom is 0.249 e. The average Bonchev–Trinajstić information content (AvgIpc) is 3.27. The Morgan fingerprint density at radius 3 is 1.40 bits per heavy atom. The van der Waals surface area contributed by atoms with Gasteiger partial charge in [0.25, 0.3) is 0 Å². The zero-order valence-corrected chi connectivity index (χ0v) is 39.6. The fourth-order valence-corrected chi connectivity index (χ4v) is 8.21. The fraction of sp³-hybridized carbons (Fsp3) is 0.902. The van der Waals surface area contributed by atoms with E-state index in [1.165, 1.54) is 154 Å². The van der Waals surface area contributed by atoms with Crippen LogP contribution in [0.5, 0.6) is 0 Å². The highest BCUT2D eigenvalue weighted by Gasteiger charge is 2.44. The molecule has 0 radical (unpaired) electrons. The molecule has 0 bridgehead atoms. The Morgan fingerprint density at radius 1 is 0.548 bits per heavy atom. The van der Waals surface area contributed by atoms with E-state index in [2.05, 4.69) is 37.4 Å². The molecule has 1 saturated heterocycles. The highest BCUT2D eigenvalue weighted by atomic mass is 16.7. The normalized spacial score (nSPS) is 21.5. The van der Waals surface area contributed by atoms with Crippen molar-refractivity contribution < 1.29 is 50.0 Å². The van der Waals surface area contributed by atoms with Gasteiger partial charge in [0.2, 0.25) is 5.91 Å².